The molecule has 1 saturated heterocycles. The SMILES string of the molecule is CC.CC.CCCCn1c(C(=O)OC)cnc1-c1cnc(N2CCN(C)CC2)s1. The van der Waals surface area contributed by atoms with Gasteiger partial charge in [0.25, 0.3) is 0 Å². The van der Waals surface area contributed by atoms with Gasteiger partial charge >= 0.3 is 5.97 Å². The summed E-state index contributed by atoms with van der Waals surface area (Å²) in [6.07, 6.45) is 5.50. The van der Waals surface area contributed by atoms with Gasteiger partial charge < -0.3 is 19.1 Å². The van der Waals surface area contributed by atoms with E-state index < -0.39 is 0 Å². The van der Waals surface area contributed by atoms with Crippen molar-refractivity contribution in [2.24, 2.45) is 0 Å². The number of esters is 1. The maximum atomic E-state index is 12.0. The minimum absolute atomic E-state index is 0.348. The minimum Gasteiger partial charge on any atom is -0.464 e. The van der Waals surface area contributed by atoms with Crippen molar-refractivity contribution in [3.8, 4) is 10.7 Å². The highest BCUT2D eigenvalue weighted by molar-refractivity contribution is 7.18. The Hall–Kier alpha value is -1.93. The minimum atomic E-state index is -0.348. The van der Waals surface area contributed by atoms with Gasteiger partial charge in [0.1, 0.15) is 5.69 Å². The summed E-state index contributed by atoms with van der Waals surface area (Å²) >= 11 is 1.63. The van der Waals surface area contributed by atoms with Crippen LogP contribution in [0.1, 0.15) is 57.9 Å². The number of imidazole rings is 1. The first kappa shape index (κ1) is 25.1. The number of aromatic nitrogens is 3. The molecule has 8 heteroatoms. The maximum absolute atomic E-state index is 12.0. The molecule has 0 aliphatic carbocycles. The second kappa shape index (κ2) is 13.3. The first-order valence-corrected chi connectivity index (χ1v) is 11.5. The second-order valence-electron chi connectivity index (χ2n) is 6.26. The molecule has 1 aliphatic heterocycles. The van der Waals surface area contributed by atoms with Gasteiger partial charge in [-0.05, 0) is 13.5 Å². The van der Waals surface area contributed by atoms with Crippen LogP contribution in [0.2, 0.25) is 0 Å². The fourth-order valence-corrected chi connectivity index (χ4v) is 3.87. The van der Waals surface area contributed by atoms with Gasteiger partial charge in [0.2, 0.25) is 0 Å². The molecule has 0 atom stereocenters. The topological polar surface area (TPSA) is 63.5 Å². The molecule has 0 aromatic carbocycles. The highest BCUT2D eigenvalue weighted by Gasteiger charge is 2.22. The van der Waals surface area contributed by atoms with E-state index in [4.69, 9.17) is 4.74 Å². The molecule has 0 radical (unpaired) electrons. The summed E-state index contributed by atoms with van der Waals surface area (Å²) in [5.74, 6) is 0.449. The lowest BCUT2D eigenvalue weighted by molar-refractivity contribution is 0.0588. The standard InChI is InChI=1S/C17H25N5O2S.2C2H6/c1-4-5-6-22-13(16(23)24-3)11-18-15(22)14-12-19-17(25-14)21-9-7-20(2)8-10-21;2*1-2/h11-12H,4-10H2,1-3H3;2*1-2H3. The van der Waals surface area contributed by atoms with Crippen molar-refractivity contribution in [1.29, 1.82) is 0 Å². The summed E-state index contributed by atoms with van der Waals surface area (Å²) < 4.78 is 6.85. The third kappa shape index (κ3) is 6.54. The van der Waals surface area contributed by atoms with Gasteiger partial charge in [-0.2, -0.15) is 0 Å². The van der Waals surface area contributed by atoms with Gasteiger partial charge in [-0.25, -0.2) is 14.8 Å². The summed E-state index contributed by atoms with van der Waals surface area (Å²) in [7, 11) is 3.54. The molecule has 3 heterocycles. The van der Waals surface area contributed by atoms with E-state index in [1.165, 1.54) is 7.11 Å². The largest absolute Gasteiger partial charge is 0.464 e. The number of rotatable bonds is 6. The average Bonchev–Trinajstić information content (AvgIpc) is 3.42. The van der Waals surface area contributed by atoms with E-state index in [-0.39, 0.29) is 5.97 Å². The Morgan fingerprint density at radius 2 is 1.76 bits per heavy atom. The number of nitrogens with zero attached hydrogens (tertiary/aromatic N) is 5. The number of hydrogen-bond donors (Lipinski definition) is 0. The van der Waals surface area contributed by atoms with Crippen LogP contribution in [0.4, 0.5) is 5.13 Å². The molecule has 1 aliphatic rings. The Labute approximate surface area is 179 Å². The molecule has 0 saturated carbocycles. The van der Waals surface area contributed by atoms with Gasteiger partial charge in [-0.1, -0.05) is 52.4 Å². The lowest BCUT2D eigenvalue weighted by Gasteiger charge is -2.32. The van der Waals surface area contributed by atoms with E-state index >= 15 is 0 Å². The van der Waals surface area contributed by atoms with Crippen LogP contribution in [0, 0.1) is 0 Å². The van der Waals surface area contributed by atoms with Crippen LogP contribution in [0.3, 0.4) is 0 Å². The van der Waals surface area contributed by atoms with E-state index in [9.17, 15) is 4.79 Å². The summed E-state index contributed by atoms with van der Waals surface area (Å²) in [6.45, 7) is 15.0. The lowest BCUT2D eigenvalue weighted by Crippen LogP contribution is -2.44. The third-order valence-corrected chi connectivity index (χ3v) is 5.53. The number of likely N-dealkylation sites (N-methyl/N-ethyl adjacent to an activating group) is 1. The van der Waals surface area contributed by atoms with Gasteiger partial charge in [-0.3, -0.25) is 0 Å². The van der Waals surface area contributed by atoms with Gasteiger partial charge in [0.15, 0.2) is 11.0 Å². The zero-order valence-electron chi connectivity index (χ0n) is 19.1. The first-order chi connectivity index (χ1) is 14.1. The van der Waals surface area contributed by atoms with Crippen molar-refractivity contribution in [2.45, 2.75) is 54.0 Å². The molecular weight excluding hydrogens is 386 g/mol. The Morgan fingerprint density at radius 3 is 2.34 bits per heavy atom. The number of carbonyl (C=O) groups excluding carboxylic acids is 1. The predicted molar refractivity (Wildman–Crippen MR) is 122 cm³/mol. The van der Waals surface area contributed by atoms with Gasteiger partial charge in [0, 0.05) is 32.7 Å². The molecule has 0 spiro atoms. The Morgan fingerprint density at radius 1 is 1.10 bits per heavy atom. The van der Waals surface area contributed by atoms with Gasteiger partial charge in [0.05, 0.1) is 24.4 Å². The van der Waals surface area contributed by atoms with E-state index in [1.54, 1.807) is 17.5 Å². The van der Waals surface area contributed by atoms with Crippen molar-refractivity contribution >= 4 is 22.4 Å². The van der Waals surface area contributed by atoms with E-state index in [0.717, 1.165) is 61.4 Å². The molecule has 2 aromatic rings. The smallest absolute Gasteiger partial charge is 0.356 e. The zero-order chi connectivity index (χ0) is 21.8. The van der Waals surface area contributed by atoms with Crippen LogP contribution in [0.15, 0.2) is 12.4 Å². The molecule has 164 valence electrons. The average molecular weight is 424 g/mol. The van der Waals surface area contributed by atoms with Gasteiger partial charge in [-0.15, -0.1) is 0 Å². The summed E-state index contributed by atoms with van der Waals surface area (Å²) in [5, 5.41) is 1.02. The van der Waals surface area contributed by atoms with Crippen molar-refractivity contribution < 1.29 is 9.53 Å². The molecule has 29 heavy (non-hydrogen) atoms. The van der Waals surface area contributed by atoms with Crippen LogP contribution in [0.5, 0.6) is 0 Å². The Kier molecular flexibility index (Phi) is 11.5. The molecule has 1 fully saturated rings. The Bertz CT molecular complexity index is 720. The summed E-state index contributed by atoms with van der Waals surface area (Å²) in [5.41, 5.74) is 0.500. The number of carbonyl (C=O) groups is 1. The predicted octanol–water partition coefficient (Wildman–Crippen LogP) is 4.40. The number of thiazole rings is 1. The quantitative estimate of drug-likeness (QED) is 0.642. The van der Waals surface area contributed by atoms with Crippen molar-refractivity contribution in [2.75, 3.05) is 45.2 Å². The number of unbranched alkanes of at least 4 members (excludes halogenated alkanes) is 1. The molecule has 2 aromatic heterocycles. The van der Waals surface area contributed by atoms with Crippen LogP contribution >= 0.6 is 11.3 Å². The highest BCUT2D eigenvalue weighted by Crippen LogP contribution is 2.31. The molecule has 7 nitrogen and oxygen atoms in total. The molecule has 0 bridgehead atoms. The molecular formula is C21H37N5O2S. The third-order valence-electron chi connectivity index (χ3n) is 4.47. The van der Waals surface area contributed by atoms with Crippen LogP contribution in [-0.2, 0) is 11.3 Å². The number of piperazine rings is 1. The van der Waals surface area contributed by atoms with E-state index in [2.05, 4.69) is 33.7 Å². The fourth-order valence-electron chi connectivity index (χ4n) is 2.89. The van der Waals surface area contributed by atoms with Crippen molar-refractivity contribution in [3.63, 3.8) is 0 Å². The van der Waals surface area contributed by atoms with Crippen molar-refractivity contribution in [3.05, 3.63) is 18.1 Å². The van der Waals surface area contributed by atoms with Crippen molar-refractivity contribution in [1.82, 2.24) is 19.4 Å². The first-order valence-electron chi connectivity index (χ1n) is 10.7. The fraction of sp³-hybridized carbons (Fsp3) is 0.667. The van der Waals surface area contributed by atoms with Crippen LogP contribution in [-0.4, -0.2) is 65.7 Å². The van der Waals surface area contributed by atoms with E-state index in [1.807, 2.05) is 38.5 Å². The molecule has 0 unspecified atom stereocenters. The second-order valence-corrected chi connectivity index (χ2v) is 7.27. The summed E-state index contributed by atoms with van der Waals surface area (Å²) in [4.78, 5) is 26.7. The summed E-state index contributed by atoms with van der Waals surface area (Å²) in [6, 6.07) is 0. The monoisotopic (exact) mass is 423 g/mol. The molecule has 0 amide bonds. The molecule has 0 N–H and O–H groups in total. The number of methoxy groups -OCH3 is 1. The van der Waals surface area contributed by atoms with Crippen LogP contribution in [0.25, 0.3) is 10.7 Å². The van der Waals surface area contributed by atoms with E-state index in [0.29, 0.717) is 5.69 Å². The molecule has 3 rings (SSSR count). The number of anilines is 1. The normalized spacial score (nSPS) is 13.8. The zero-order valence-corrected chi connectivity index (χ0v) is 19.9. The maximum Gasteiger partial charge on any atom is 0.356 e. The number of hydrogen-bond acceptors (Lipinski definition) is 7. The number of ether oxygens (including phenoxy) is 1. The van der Waals surface area contributed by atoms with Crippen LogP contribution < -0.4 is 4.90 Å². The lowest BCUT2D eigenvalue weighted by atomic mass is 10.3. The highest BCUT2D eigenvalue weighted by atomic mass is 32.1. The Balaban J connectivity index is 0.000000989.